The van der Waals surface area contributed by atoms with Gasteiger partial charge in [-0.05, 0) is 69.0 Å². The number of aromatic nitrogens is 1. The number of carbonyl (C=O) groups excluding carboxylic acids is 1. The van der Waals surface area contributed by atoms with Crippen molar-refractivity contribution in [2.24, 2.45) is 0 Å². The Labute approximate surface area is 220 Å². The summed E-state index contributed by atoms with van der Waals surface area (Å²) in [6, 6.07) is 16.1. The number of nitrogens with zero attached hydrogens (tertiary/aromatic N) is 2. The van der Waals surface area contributed by atoms with Crippen LogP contribution in [0.4, 0.5) is 0 Å². The highest BCUT2D eigenvalue weighted by Gasteiger charge is 2.57. The molecule has 3 aromatic rings. The summed E-state index contributed by atoms with van der Waals surface area (Å²) < 4.78 is 6.92. The molecule has 1 amide bonds. The van der Waals surface area contributed by atoms with Crippen LogP contribution in [0.25, 0.3) is 0 Å². The van der Waals surface area contributed by atoms with Gasteiger partial charge >= 0.3 is 0 Å². The number of carbonyl (C=O) groups is 1. The van der Waals surface area contributed by atoms with E-state index in [9.17, 15) is 15.0 Å². The summed E-state index contributed by atoms with van der Waals surface area (Å²) in [6.07, 6.45) is 3.83. The molecule has 2 aromatic carbocycles. The summed E-state index contributed by atoms with van der Waals surface area (Å²) in [4.78, 5) is 20.2. The van der Waals surface area contributed by atoms with Crippen LogP contribution in [-0.2, 0) is 22.6 Å². The van der Waals surface area contributed by atoms with E-state index in [1.165, 1.54) is 0 Å². The van der Waals surface area contributed by atoms with Crippen molar-refractivity contribution in [1.29, 1.82) is 0 Å². The van der Waals surface area contributed by atoms with Crippen LogP contribution in [0.1, 0.15) is 65.9 Å². The first kappa shape index (κ1) is 25.2. The average molecular weight is 527 g/mol. The van der Waals surface area contributed by atoms with Gasteiger partial charge in [-0.2, -0.15) is 0 Å². The maximum atomic E-state index is 14.1. The Balaban J connectivity index is 1.75. The van der Waals surface area contributed by atoms with Crippen molar-refractivity contribution in [3.8, 4) is 0 Å². The van der Waals surface area contributed by atoms with E-state index < -0.39 is 16.9 Å². The summed E-state index contributed by atoms with van der Waals surface area (Å²) in [5.74, 6) is -0.254. The van der Waals surface area contributed by atoms with Gasteiger partial charge in [0.1, 0.15) is 0 Å². The normalized spacial score (nSPS) is 20.8. The lowest BCUT2D eigenvalue weighted by Crippen LogP contribution is -2.56. The van der Waals surface area contributed by atoms with Crippen molar-refractivity contribution in [3.05, 3.63) is 98.8 Å². The molecule has 36 heavy (non-hydrogen) atoms. The van der Waals surface area contributed by atoms with Gasteiger partial charge < -0.3 is 14.9 Å². The number of amides is 1. The number of aliphatic hydroxyl groups is 2. The molecule has 1 atom stereocenters. The Morgan fingerprint density at radius 2 is 1.75 bits per heavy atom. The summed E-state index contributed by atoms with van der Waals surface area (Å²) in [5, 5.41) is 22.1. The van der Waals surface area contributed by atoms with Gasteiger partial charge in [-0.15, -0.1) is 0 Å². The van der Waals surface area contributed by atoms with Crippen molar-refractivity contribution in [2.45, 2.75) is 56.6 Å². The molecular formula is C28H28Cl2N2O4. The lowest BCUT2D eigenvalue weighted by Gasteiger charge is -2.50. The van der Waals surface area contributed by atoms with Crippen molar-refractivity contribution in [3.63, 3.8) is 0 Å². The fraction of sp³-hybridized carbons (Fsp3) is 0.357. The van der Waals surface area contributed by atoms with Crippen LogP contribution in [0.15, 0.2) is 60.8 Å². The fourth-order valence-electron chi connectivity index (χ4n) is 5.01. The molecule has 1 aromatic heterocycles. The third-order valence-corrected chi connectivity index (χ3v) is 7.68. The summed E-state index contributed by atoms with van der Waals surface area (Å²) in [5.41, 5.74) is -0.207. The second-order valence-electron chi connectivity index (χ2n) is 10.1. The maximum absolute atomic E-state index is 14.1. The smallest absolute Gasteiger partial charge is 0.257 e. The Bertz CT molecular complexity index is 1280. The molecule has 0 radical (unpaired) electrons. The molecule has 0 saturated heterocycles. The Morgan fingerprint density at radius 1 is 1.06 bits per heavy atom. The van der Waals surface area contributed by atoms with Gasteiger partial charge in [-0.1, -0.05) is 47.5 Å². The Morgan fingerprint density at radius 3 is 2.31 bits per heavy atom. The number of hydrogen-bond donors (Lipinski definition) is 2. The number of ether oxygens (including phenoxy) is 1. The molecule has 1 saturated carbocycles. The minimum atomic E-state index is -1.33. The molecule has 6 nitrogen and oxygen atoms in total. The van der Waals surface area contributed by atoms with Crippen molar-refractivity contribution in [1.82, 2.24) is 9.88 Å². The highest BCUT2D eigenvalue weighted by molar-refractivity contribution is 6.30. The third kappa shape index (κ3) is 4.21. The maximum Gasteiger partial charge on any atom is 0.257 e. The molecule has 0 bridgehead atoms. The van der Waals surface area contributed by atoms with Gasteiger partial charge in [0.25, 0.3) is 5.91 Å². The molecule has 2 heterocycles. The molecule has 0 unspecified atom stereocenters. The zero-order chi connectivity index (χ0) is 25.7. The zero-order valence-corrected chi connectivity index (χ0v) is 21.7. The average Bonchev–Trinajstić information content (AvgIpc) is 3.05. The van der Waals surface area contributed by atoms with Crippen LogP contribution < -0.4 is 0 Å². The van der Waals surface area contributed by atoms with Crippen LogP contribution in [0.2, 0.25) is 10.0 Å². The van der Waals surface area contributed by atoms with Gasteiger partial charge in [0, 0.05) is 27.9 Å². The van der Waals surface area contributed by atoms with Gasteiger partial charge in [-0.25, -0.2) is 0 Å². The highest BCUT2D eigenvalue weighted by atomic mass is 35.5. The molecule has 8 heteroatoms. The molecule has 5 rings (SSSR count). The number of pyridine rings is 1. The van der Waals surface area contributed by atoms with Crippen LogP contribution in [0.5, 0.6) is 0 Å². The van der Waals surface area contributed by atoms with Gasteiger partial charge in [0.05, 0.1) is 35.1 Å². The van der Waals surface area contributed by atoms with E-state index in [1.54, 1.807) is 55.3 Å². The summed E-state index contributed by atoms with van der Waals surface area (Å²) in [6.45, 7) is 3.34. The van der Waals surface area contributed by atoms with E-state index >= 15 is 0 Å². The molecule has 0 spiro atoms. The van der Waals surface area contributed by atoms with Crippen LogP contribution in [0, 0.1) is 0 Å². The minimum absolute atomic E-state index is 0.146. The first-order chi connectivity index (χ1) is 17.1. The molecular weight excluding hydrogens is 499 g/mol. The number of halogens is 2. The largest absolute Gasteiger partial charge is 0.393 e. The van der Waals surface area contributed by atoms with Gasteiger partial charge in [-0.3, -0.25) is 14.7 Å². The molecule has 188 valence electrons. The van der Waals surface area contributed by atoms with Crippen molar-refractivity contribution in [2.75, 3.05) is 6.61 Å². The van der Waals surface area contributed by atoms with Gasteiger partial charge in [0.15, 0.2) is 5.72 Å². The molecule has 2 aliphatic rings. The molecule has 2 N–H and O–H groups in total. The standard InChI is InChI=1S/C28H28Cl2N2O4/c1-26(2,35)19-6-11-24-23(14-19)25(34)32(16-22-10-9-21(30)15-31-22)28(24,18-4-7-20(29)8-5-18)36-27(17-33)12-3-13-27/h4-11,14-15,33,35H,3,12-13,16-17H2,1-2H3/t28-/m1/s1. The van der Waals surface area contributed by atoms with Crippen molar-refractivity contribution < 1.29 is 19.7 Å². The molecule has 1 aliphatic heterocycles. The SMILES string of the molecule is CC(C)(O)c1ccc2c(c1)C(=O)N(Cc1ccc(Cl)cn1)[C@@]2(OC1(CO)CCC1)c1ccc(Cl)cc1. The molecule has 1 fully saturated rings. The minimum Gasteiger partial charge on any atom is -0.393 e. The van der Waals surface area contributed by atoms with E-state index in [2.05, 4.69) is 4.98 Å². The zero-order valence-electron chi connectivity index (χ0n) is 20.2. The first-order valence-electron chi connectivity index (χ1n) is 11.9. The predicted octanol–water partition coefficient (Wildman–Crippen LogP) is 5.40. The number of fused-ring (bicyclic) bond motifs is 1. The summed E-state index contributed by atoms with van der Waals surface area (Å²) in [7, 11) is 0. The van der Waals surface area contributed by atoms with E-state index in [1.807, 2.05) is 24.3 Å². The predicted molar refractivity (Wildman–Crippen MR) is 138 cm³/mol. The van der Waals surface area contributed by atoms with E-state index in [0.717, 1.165) is 6.42 Å². The first-order valence-corrected chi connectivity index (χ1v) is 12.7. The highest BCUT2D eigenvalue weighted by Crippen LogP contribution is 2.52. The van der Waals surface area contributed by atoms with Crippen LogP contribution in [-0.4, -0.2) is 38.2 Å². The lowest BCUT2D eigenvalue weighted by molar-refractivity contribution is -0.238. The Kier molecular flexibility index (Phi) is 6.38. The monoisotopic (exact) mass is 526 g/mol. The number of aliphatic hydroxyl groups excluding tert-OH is 1. The van der Waals surface area contributed by atoms with Crippen molar-refractivity contribution >= 4 is 29.1 Å². The van der Waals surface area contributed by atoms with Crippen LogP contribution >= 0.6 is 23.2 Å². The van der Waals surface area contributed by atoms with E-state index in [0.29, 0.717) is 50.8 Å². The fourth-order valence-corrected chi connectivity index (χ4v) is 5.25. The van der Waals surface area contributed by atoms with E-state index in [4.69, 9.17) is 27.9 Å². The topological polar surface area (TPSA) is 82.9 Å². The van der Waals surface area contributed by atoms with Crippen LogP contribution in [0.3, 0.4) is 0 Å². The second kappa shape index (κ2) is 9.12. The number of rotatable bonds is 7. The van der Waals surface area contributed by atoms with E-state index in [-0.39, 0.29) is 19.1 Å². The Hall–Kier alpha value is -2.48. The third-order valence-electron chi connectivity index (χ3n) is 7.21. The summed E-state index contributed by atoms with van der Waals surface area (Å²) >= 11 is 12.3. The number of benzene rings is 2. The quantitative estimate of drug-likeness (QED) is 0.430. The lowest BCUT2D eigenvalue weighted by atomic mass is 9.79. The molecule has 1 aliphatic carbocycles. The van der Waals surface area contributed by atoms with Gasteiger partial charge in [0.2, 0.25) is 0 Å². The number of hydrogen-bond acceptors (Lipinski definition) is 5. The second-order valence-corrected chi connectivity index (χ2v) is 11.0.